The number of carbonyl (C=O) groups excluding carboxylic acids is 2. The highest BCUT2D eigenvalue weighted by Gasteiger charge is 2.43. The van der Waals surface area contributed by atoms with E-state index < -0.39 is 23.7 Å². The van der Waals surface area contributed by atoms with Crippen LogP contribution in [0.25, 0.3) is 5.69 Å². The molecule has 0 saturated heterocycles. The van der Waals surface area contributed by atoms with Crippen LogP contribution in [0.5, 0.6) is 5.75 Å². The van der Waals surface area contributed by atoms with E-state index in [-0.39, 0.29) is 36.5 Å². The Bertz CT molecular complexity index is 875. The summed E-state index contributed by atoms with van der Waals surface area (Å²) in [4.78, 5) is 25.4. The minimum absolute atomic E-state index is 0.0294. The average Bonchev–Trinajstić information content (AvgIpc) is 3.04. The lowest BCUT2D eigenvalue weighted by Crippen LogP contribution is -2.42. The minimum atomic E-state index is -4.70. The van der Waals surface area contributed by atoms with E-state index in [1.54, 1.807) is 12.1 Å². The van der Waals surface area contributed by atoms with Crippen LogP contribution in [0.4, 0.5) is 13.2 Å². The molecule has 1 aromatic carbocycles. The molecule has 0 spiro atoms. The van der Waals surface area contributed by atoms with Gasteiger partial charge in [-0.1, -0.05) is 0 Å². The molecule has 0 saturated carbocycles. The summed E-state index contributed by atoms with van der Waals surface area (Å²) < 4.78 is 50.8. The number of fused-ring (bicyclic) bond motifs is 1. The van der Waals surface area contributed by atoms with Crippen molar-refractivity contribution < 1.29 is 32.2 Å². The summed E-state index contributed by atoms with van der Waals surface area (Å²) in [7, 11) is 2.63. The fourth-order valence-electron chi connectivity index (χ4n) is 2.91. The normalized spacial score (nSPS) is 14.1. The monoisotopic (exact) mass is 383 g/mol. The third-order valence-electron chi connectivity index (χ3n) is 4.24. The molecular weight excluding hydrogens is 367 g/mol. The number of ether oxygens (including phenoxy) is 2. The third kappa shape index (κ3) is 3.46. The van der Waals surface area contributed by atoms with E-state index in [0.29, 0.717) is 5.75 Å². The summed E-state index contributed by atoms with van der Waals surface area (Å²) in [5, 5.41) is 3.66. The first-order valence-electron chi connectivity index (χ1n) is 7.96. The molecular formula is C17H16F3N3O4. The van der Waals surface area contributed by atoms with Crippen LogP contribution in [0.15, 0.2) is 24.3 Å². The maximum absolute atomic E-state index is 13.4. The van der Waals surface area contributed by atoms with Crippen LogP contribution in [0.1, 0.15) is 21.7 Å². The third-order valence-corrected chi connectivity index (χ3v) is 4.24. The summed E-state index contributed by atoms with van der Waals surface area (Å²) >= 11 is 0. The van der Waals surface area contributed by atoms with Gasteiger partial charge in [0.1, 0.15) is 18.0 Å². The Hall–Kier alpha value is -3.04. The van der Waals surface area contributed by atoms with Gasteiger partial charge < -0.3 is 14.4 Å². The van der Waals surface area contributed by atoms with Crippen molar-refractivity contribution in [1.29, 1.82) is 0 Å². The summed E-state index contributed by atoms with van der Waals surface area (Å²) in [6.45, 7) is -0.373. The lowest BCUT2D eigenvalue weighted by atomic mass is 10.0. The van der Waals surface area contributed by atoms with Gasteiger partial charge in [-0.2, -0.15) is 18.3 Å². The largest absolute Gasteiger partial charge is 0.497 e. The predicted molar refractivity (Wildman–Crippen MR) is 86.7 cm³/mol. The van der Waals surface area contributed by atoms with Gasteiger partial charge in [-0.3, -0.25) is 9.59 Å². The van der Waals surface area contributed by atoms with Crippen LogP contribution in [-0.4, -0.2) is 53.9 Å². The lowest BCUT2D eigenvalue weighted by Gasteiger charge is -2.26. The maximum Gasteiger partial charge on any atom is 0.435 e. The Morgan fingerprint density at radius 2 is 1.89 bits per heavy atom. The van der Waals surface area contributed by atoms with Gasteiger partial charge in [0.2, 0.25) is 0 Å². The number of carbonyl (C=O) groups is 2. The summed E-state index contributed by atoms with van der Waals surface area (Å²) in [5.74, 6) is -0.853. The number of methoxy groups -OCH3 is 2. The van der Waals surface area contributed by atoms with E-state index in [2.05, 4.69) is 9.84 Å². The van der Waals surface area contributed by atoms with Gasteiger partial charge in [0, 0.05) is 12.1 Å². The molecule has 1 aromatic heterocycles. The second-order valence-electron chi connectivity index (χ2n) is 5.84. The first-order chi connectivity index (χ1) is 12.8. The maximum atomic E-state index is 13.4. The Morgan fingerprint density at radius 3 is 2.44 bits per heavy atom. The van der Waals surface area contributed by atoms with Crippen LogP contribution in [0.3, 0.4) is 0 Å². The van der Waals surface area contributed by atoms with Crippen LogP contribution < -0.4 is 4.74 Å². The number of amides is 1. The number of halogens is 3. The van der Waals surface area contributed by atoms with Crippen LogP contribution in [-0.2, 0) is 22.1 Å². The fourth-order valence-corrected chi connectivity index (χ4v) is 2.91. The molecule has 1 aliphatic heterocycles. The molecule has 1 amide bonds. The number of benzene rings is 1. The van der Waals surface area contributed by atoms with Crippen LogP contribution in [0.2, 0.25) is 0 Å². The zero-order valence-corrected chi connectivity index (χ0v) is 14.5. The highest BCUT2D eigenvalue weighted by Crippen LogP contribution is 2.36. The number of esters is 1. The van der Waals surface area contributed by atoms with Crippen molar-refractivity contribution in [2.24, 2.45) is 0 Å². The second-order valence-corrected chi connectivity index (χ2v) is 5.84. The van der Waals surface area contributed by atoms with Crippen molar-refractivity contribution in [2.45, 2.75) is 12.6 Å². The molecule has 144 valence electrons. The Morgan fingerprint density at radius 1 is 1.22 bits per heavy atom. The standard InChI is InChI=1S/C17H16F3N3O4/c1-26-11-5-3-10(4-6-11)23-14-12(15(21-23)17(18,19)20)7-8-22(16(14)25)9-13(24)27-2/h3-6H,7-9H2,1-2H3. The quantitative estimate of drug-likeness (QED) is 0.756. The molecule has 0 bridgehead atoms. The van der Waals surface area contributed by atoms with Gasteiger partial charge in [-0.05, 0) is 30.7 Å². The topological polar surface area (TPSA) is 73.7 Å². The average molecular weight is 383 g/mol. The number of hydrogen-bond acceptors (Lipinski definition) is 5. The Labute approximate surface area is 152 Å². The molecule has 1 aliphatic rings. The first-order valence-corrected chi connectivity index (χ1v) is 7.96. The lowest BCUT2D eigenvalue weighted by molar-refractivity contribution is -0.143. The fraction of sp³-hybridized carbons (Fsp3) is 0.353. The SMILES string of the molecule is COC(=O)CN1CCc2c(C(F)(F)F)nn(-c3ccc(OC)cc3)c2C1=O. The van der Waals surface area contributed by atoms with Gasteiger partial charge in [0.05, 0.1) is 19.9 Å². The summed E-state index contributed by atoms with van der Waals surface area (Å²) in [5.41, 5.74) is -1.21. The van der Waals surface area contributed by atoms with Gasteiger partial charge in [0.15, 0.2) is 5.69 Å². The zero-order chi connectivity index (χ0) is 19.8. The van der Waals surface area contributed by atoms with Gasteiger partial charge in [-0.15, -0.1) is 0 Å². The molecule has 7 nitrogen and oxygen atoms in total. The van der Waals surface area contributed by atoms with Crippen molar-refractivity contribution in [1.82, 2.24) is 14.7 Å². The smallest absolute Gasteiger partial charge is 0.435 e. The molecule has 27 heavy (non-hydrogen) atoms. The number of nitrogens with zero attached hydrogens (tertiary/aromatic N) is 3. The molecule has 0 unspecified atom stereocenters. The van der Waals surface area contributed by atoms with Crippen molar-refractivity contribution in [3.8, 4) is 11.4 Å². The number of aromatic nitrogens is 2. The van der Waals surface area contributed by atoms with Gasteiger partial charge in [0.25, 0.3) is 5.91 Å². The van der Waals surface area contributed by atoms with Crippen molar-refractivity contribution in [3.63, 3.8) is 0 Å². The molecule has 2 heterocycles. The van der Waals surface area contributed by atoms with E-state index in [1.807, 2.05) is 0 Å². The molecule has 0 atom stereocenters. The van der Waals surface area contributed by atoms with Gasteiger partial charge in [-0.25, -0.2) is 4.68 Å². The molecule has 0 aliphatic carbocycles. The van der Waals surface area contributed by atoms with E-state index in [9.17, 15) is 22.8 Å². The predicted octanol–water partition coefficient (Wildman–Crippen LogP) is 2.07. The second kappa shape index (κ2) is 6.93. The number of hydrogen-bond donors (Lipinski definition) is 0. The molecule has 10 heteroatoms. The molecule has 3 rings (SSSR count). The molecule has 0 radical (unpaired) electrons. The van der Waals surface area contributed by atoms with Crippen LogP contribution in [0, 0.1) is 0 Å². The molecule has 2 aromatic rings. The number of alkyl halides is 3. The van der Waals surface area contributed by atoms with Crippen molar-refractivity contribution >= 4 is 11.9 Å². The molecule has 0 fully saturated rings. The summed E-state index contributed by atoms with van der Waals surface area (Å²) in [6, 6.07) is 6.10. The highest BCUT2D eigenvalue weighted by atomic mass is 19.4. The number of rotatable bonds is 4. The van der Waals surface area contributed by atoms with Gasteiger partial charge >= 0.3 is 12.1 Å². The van der Waals surface area contributed by atoms with E-state index in [0.717, 1.165) is 9.58 Å². The van der Waals surface area contributed by atoms with E-state index in [4.69, 9.17) is 4.74 Å². The van der Waals surface area contributed by atoms with E-state index in [1.165, 1.54) is 26.4 Å². The highest BCUT2D eigenvalue weighted by molar-refractivity contribution is 5.97. The first kappa shape index (κ1) is 18.7. The molecule has 0 N–H and O–H groups in total. The minimum Gasteiger partial charge on any atom is -0.497 e. The Kier molecular flexibility index (Phi) is 4.81. The van der Waals surface area contributed by atoms with Crippen molar-refractivity contribution in [3.05, 3.63) is 41.2 Å². The van der Waals surface area contributed by atoms with E-state index >= 15 is 0 Å². The summed E-state index contributed by atoms with van der Waals surface area (Å²) in [6.07, 6.45) is -4.77. The van der Waals surface area contributed by atoms with Crippen LogP contribution >= 0.6 is 0 Å². The zero-order valence-electron chi connectivity index (χ0n) is 14.5. The van der Waals surface area contributed by atoms with Crippen molar-refractivity contribution in [2.75, 3.05) is 27.3 Å². The Balaban J connectivity index is 2.10.